The fourth-order valence-corrected chi connectivity index (χ4v) is 0.703. The average molecular weight is 132 g/mol. The van der Waals surface area contributed by atoms with E-state index in [-0.39, 0.29) is 6.04 Å². The molecule has 0 saturated heterocycles. The van der Waals surface area contributed by atoms with Gasteiger partial charge < -0.3 is 10.0 Å². The average Bonchev–Trinajstić information content (AvgIpc) is 1.87. The van der Waals surface area contributed by atoms with Crippen LogP contribution in [0.25, 0.3) is 0 Å². The second-order valence-corrected chi connectivity index (χ2v) is 2.11. The van der Waals surface area contributed by atoms with Gasteiger partial charge in [-0.25, -0.2) is 0 Å². The zero-order valence-corrected chi connectivity index (χ0v) is 6.26. The van der Waals surface area contributed by atoms with Crippen molar-refractivity contribution in [3.05, 3.63) is 5.21 Å². The zero-order valence-electron chi connectivity index (χ0n) is 6.26. The highest BCUT2D eigenvalue weighted by atomic mass is 16.9. The van der Waals surface area contributed by atoms with Crippen molar-refractivity contribution in [2.45, 2.75) is 32.7 Å². The number of nitrogens with zero attached hydrogens (tertiary/aromatic N) is 1. The molecule has 0 aromatic heterocycles. The van der Waals surface area contributed by atoms with Crippen LogP contribution in [0, 0.1) is 5.21 Å². The smallest absolute Gasteiger partial charge is 0.0563 e. The van der Waals surface area contributed by atoms with E-state index >= 15 is 0 Å². The zero-order chi connectivity index (χ0) is 7.28. The second-order valence-electron chi connectivity index (χ2n) is 2.11. The molecule has 56 valence electrons. The summed E-state index contributed by atoms with van der Waals surface area (Å²) in [6, 6.07) is -0.0139. The standard InChI is InChI=1S/C6H14NO2/c1-4-5-6(2)7(8)9-3/h6H,4-5H2,1-3H3/q-1. The van der Waals surface area contributed by atoms with E-state index in [1.165, 1.54) is 7.11 Å². The monoisotopic (exact) mass is 132 g/mol. The first kappa shape index (κ1) is 8.88. The minimum atomic E-state index is -0.0139. The number of rotatable bonds is 4. The predicted molar refractivity (Wildman–Crippen MR) is 36.6 cm³/mol. The molecule has 0 aliphatic rings. The molecule has 0 aromatic carbocycles. The fraction of sp³-hybridized carbons (Fsp3) is 1.00. The topological polar surface area (TPSA) is 35.5 Å². The molecule has 3 heteroatoms. The molecule has 0 rings (SSSR count). The summed E-state index contributed by atoms with van der Waals surface area (Å²) in [5, 5.41) is 11.2. The highest BCUT2D eigenvalue weighted by Crippen LogP contribution is 2.03. The Hall–Kier alpha value is -0.120. The second kappa shape index (κ2) is 4.73. The third-order valence-electron chi connectivity index (χ3n) is 1.25. The Balaban J connectivity index is 3.32. The van der Waals surface area contributed by atoms with Crippen molar-refractivity contribution in [1.29, 1.82) is 0 Å². The van der Waals surface area contributed by atoms with Gasteiger partial charge in [-0.15, -0.1) is 0 Å². The SMILES string of the molecule is CCCC(C)N([O-])OC. The molecule has 0 heterocycles. The molecule has 1 unspecified atom stereocenters. The summed E-state index contributed by atoms with van der Waals surface area (Å²) < 4.78 is 0. The summed E-state index contributed by atoms with van der Waals surface area (Å²) >= 11 is 0. The van der Waals surface area contributed by atoms with E-state index in [9.17, 15) is 5.21 Å². The van der Waals surface area contributed by atoms with Crippen LogP contribution in [0.5, 0.6) is 0 Å². The van der Waals surface area contributed by atoms with Crippen LogP contribution in [0.15, 0.2) is 0 Å². The van der Waals surface area contributed by atoms with Crippen LogP contribution in [-0.2, 0) is 4.84 Å². The van der Waals surface area contributed by atoms with E-state index in [4.69, 9.17) is 0 Å². The van der Waals surface area contributed by atoms with Gasteiger partial charge in [0.2, 0.25) is 0 Å². The lowest BCUT2D eigenvalue weighted by molar-refractivity contribution is -0.117. The molecular weight excluding hydrogens is 118 g/mol. The Bertz CT molecular complexity index is 68.1. The molecule has 0 saturated carbocycles. The molecule has 0 fully saturated rings. The van der Waals surface area contributed by atoms with E-state index in [0.717, 1.165) is 12.8 Å². The van der Waals surface area contributed by atoms with E-state index in [2.05, 4.69) is 4.84 Å². The molecule has 0 spiro atoms. The van der Waals surface area contributed by atoms with Crippen LogP contribution in [-0.4, -0.2) is 18.4 Å². The Kier molecular flexibility index (Phi) is 4.67. The van der Waals surface area contributed by atoms with Gasteiger partial charge in [0.1, 0.15) is 0 Å². The van der Waals surface area contributed by atoms with Crippen LogP contribution in [0.4, 0.5) is 0 Å². The molecule has 1 atom stereocenters. The Morgan fingerprint density at radius 2 is 2.22 bits per heavy atom. The molecule has 0 aliphatic carbocycles. The molecule has 3 nitrogen and oxygen atoms in total. The van der Waals surface area contributed by atoms with Crippen LogP contribution < -0.4 is 0 Å². The molecule has 0 bridgehead atoms. The molecule has 0 amide bonds. The van der Waals surface area contributed by atoms with E-state index in [1.807, 2.05) is 13.8 Å². The Morgan fingerprint density at radius 1 is 1.67 bits per heavy atom. The highest BCUT2D eigenvalue weighted by Gasteiger charge is 1.99. The molecule has 0 aromatic rings. The van der Waals surface area contributed by atoms with Gasteiger partial charge in [-0.3, -0.25) is 5.23 Å². The van der Waals surface area contributed by atoms with Crippen molar-refractivity contribution in [1.82, 2.24) is 5.23 Å². The van der Waals surface area contributed by atoms with Gasteiger partial charge in [0.05, 0.1) is 7.11 Å². The minimum Gasteiger partial charge on any atom is -0.762 e. The van der Waals surface area contributed by atoms with Crippen molar-refractivity contribution in [3.8, 4) is 0 Å². The molecule has 9 heavy (non-hydrogen) atoms. The number of hydroxylamine groups is 2. The number of hydrogen-bond donors (Lipinski definition) is 0. The van der Waals surface area contributed by atoms with Crippen molar-refractivity contribution >= 4 is 0 Å². The van der Waals surface area contributed by atoms with Gasteiger partial charge in [-0.05, 0) is 13.3 Å². The lowest BCUT2D eigenvalue weighted by atomic mass is 10.2. The van der Waals surface area contributed by atoms with Gasteiger partial charge in [0.25, 0.3) is 0 Å². The van der Waals surface area contributed by atoms with E-state index in [1.54, 1.807) is 0 Å². The van der Waals surface area contributed by atoms with Gasteiger partial charge in [0, 0.05) is 6.04 Å². The molecule has 0 aliphatic heterocycles. The summed E-state index contributed by atoms with van der Waals surface area (Å²) in [6.45, 7) is 3.89. The first-order chi connectivity index (χ1) is 4.22. The summed E-state index contributed by atoms with van der Waals surface area (Å²) in [5.74, 6) is 0. The first-order valence-corrected chi connectivity index (χ1v) is 3.22. The van der Waals surface area contributed by atoms with Gasteiger partial charge in [-0.1, -0.05) is 13.3 Å². The lowest BCUT2D eigenvalue weighted by Gasteiger charge is -2.31. The molecule has 0 N–H and O–H groups in total. The van der Waals surface area contributed by atoms with Crippen molar-refractivity contribution in [2.75, 3.05) is 7.11 Å². The van der Waals surface area contributed by atoms with Gasteiger partial charge in [-0.2, -0.15) is 0 Å². The van der Waals surface area contributed by atoms with Crippen molar-refractivity contribution in [2.24, 2.45) is 0 Å². The van der Waals surface area contributed by atoms with Gasteiger partial charge in [0.15, 0.2) is 0 Å². The van der Waals surface area contributed by atoms with E-state index in [0.29, 0.717) is 5.23 Å². The molecular formula is C6H14NO2-. The molecule has 0 radical (unpaired) electrons. The fourth-order valence-electron chi connectivity index (χ4n) is 0.703. The quantitative estimate of drug-likeness (QED) is 0.544. The first-order valence-electron chi connectivity index (χ1n) is 3.22. The summed E-state index contributed by atoms with van der Waals surface area (Å²) in [5.41, 5.74) is 0. The highest BCUT2D eigenvalue weighted by molar-refractivity contribution is 4.57. The Labute approximate surface area is 56.1 Å². The third-order valence-corrected chi connectivity index (χ3v) is 1.25. The number of hydrogen-bond acceptors (Lipinski definition) is 3. The summed E-state index contributed by atoms with van der Waals surface area (Å²) in [7, 11) is 1.39. The predicted octanol–water partition coefficient (Wildman–Crippen LogP) is 1.54. The lowest BCUT2D eigenvalue weighted by Crippen LogP contribution is -2.25. The third kappa shape index (κ3) is 3.46. The van der Waals surface area contributed by atoms with Crippen LogP contribution in [0.2, 0.25) is 0 Å². The van der Waals surface area contributed by atoms with Crippen molar-refractivity contribution in [3.63, 3.8) is 0 Å². The van der Waals surface area contributed by atoms with Crippen molar-refractivity contribution < 1.29 is 4.84 Å². The van der Waals surface area contributed by atoms with Gasteiger partial charge >= 0.3 is 0 Å². The summed E-state index contributed by atoms with van der Waals surface area (Å²) in [6.07, 6.45) is 1.90. The summed E-state index contributed by atoms with van der Waals surface area (Å²) in [4.78, 5) is 4.44. The minimum absolute atomic E-state index is 0.0139. The maximum absolute atomic E-state index is 10.6. The largest absolute Gasteiger partial charge is 0.762 e. The van der Waals surface area contributed by atoms with Crippen LogP contribution in [0.3, 0.4) is 0 Å². The maximum Gasteiger partial charge on any atom is 0.0563 e. The Morgan fingerprint density at radius 3 is 2.56 bits per heavy atom. The maximum atomic E-state index is 10.6. The van der Waals surface area contributed by atoms with Crippen LogP contribution in [0.1, 0.15) is 26.7 Å². The normalized spacial score (nSPS) is 14.3. The van der Waals surface area contributed by atoms with Crippen LogP contribution >= 0.6 is 0 Å². The van der Waals surface area contributed by atoms with E-state index < -0.39 is 0 Å².